The van der Waals surface area contributed by atoms with E-state index in [2.05, 4.69) is 17.1 Å². The highest BCUT2D eigenvalue weighted by Crippen LogP contribution is 2.41. The first-order valence-electron chi connectivity index (χ1n) is 6.87. The molecule has 3 unspecified atom stereocenters. The van der Waals surface area contributed by atoms with Crippen LogP contribution in [-0.2, 0) is 10.3 Å². The number of nitrogens with two attached hydrogens (primary N) is 1. The van der Waals surface area contributed by atoms with Gasteiger partial charge in [-0.05, 0) is 31.6 Å². The third-order valence-electron chi connectivity index (χ3n) is 3.95. The Morgan fingerprint density at radius 1 is 1.63 bits per heavy atom. The molecule has 0 aromatic carbocycles. The lowest BCUT2D eigenvalue weighted by Gasteiger charge is -2.36. The Bertz CT molecular complexity index is 410. The predicted octanol–water partition coefficient (Wildman–Crippen LogP) is 1.50. The zero-order valence-corrected chi connectivity index (χ0v) is 11.6. The van der Waals surface area contributed by atoms with Gasteiger partial charge < -0.3 is 20.1 Å². The van der Waals surface area contributed by atoms with E-state index in [4.69, 9.17) is 20.1 Å². The molecule has 1 saturated carbocycles. The third kappa shape index (κ3) is 2.96. The largest absolute Gasteiger partial charge is 0.396 e. The first-order valence-corrected chi connectivity index (χ1v) is 6.87. The zero-order valence-electron chi connectivity index (χ0n) is 11.6. The van der Waals surface area contributed by atoms with Gasteiger partial charge in [0.25, 0.3) is 0 Å². The second-order valence-corrected chi connectivity index (χ2v) is 5.47. The minimum atomic E-state index is -0.446. The molecule has 6 nitrogen and oxygen atoms in total. The monoisotopic (exact) mass is 269 g/mol. The SMILES string of the molecule is COC1(c2noc(C(N)CCO)n2)CCCC(C)C1. The van der Waals surface area contributed by atoms with Crippen molar-refractivity contribution < 1.29 is 14.4 Å². The highest BCUT2D eigenvalue weighted by Gasteiger charge is 2.41. The van der Waals surface area contributed by atoms with E-state index in [0.717, 1.165) is 19.3 Å². The summed E-state index contributed by atoms with van der Waals surface area (Å²) < 4.78 is 10.9. The number of rotatable bonds is 5. The molecule has 0 saturated heterocycles. The fourth-order valence-corrected chi connectivity index (χ4v) is 2.82. The van der Waals surface area contributed by atoms with E-state index in [9.17, 15) is 0 Å². The maximum absolute atomic E-state index is 8.89. The van der Waals surface area contributed by atoms with Crippen LogP contribution >= 0.6 is 0 Å². The summed E-state index contributed by atoms with van der Waals surface area (Å²) in [6.45, 7) is 2.22. The molecule has 0 radical (unpaired) electrons. The van der Waals surface area contributed by atoms with Crippen molar-refractivity contribution in [2.75, 3.05) is 13.7 Å². The van der Waals surface area contributed by atoms with Gasteiger partial charge in [0.1, 0.15) is 5.60 Å². The van der Waals surface area contributed by atoms with E-state index in [0.29, 0.717) is 24.1 Å². The normalized spacial score (nSPS) is 29.4. The van der Waals surface area contributed by atoms with Gasteiger partial charge in [-0.25, -0.2) is 0 Å². The van der Waals surface area contributed by atoms with Gasteiger partial charge >= 0.3 is 0 Å². The van der Waals surface area contributed by atoms with Crippen molar-refractivity contribution in [3.8, 4) is 0 Å². The fraction of sp³-hybridized carbons (Fsp3) is 0.846. The second kappa shape index (κ2) is 5.98. The molecular formula is C13H23N3O3. The van der Waals surface area contributed by atoms with Crippen LogP contribution in [0.1, 0.15) is 56.8 Å². The van der Waals surface area contributed by atoms with Gasteiger partial charge in [-0.3, -0.25) is 0 Å². The van der Waals surface area contributed by atoms with Gasteiger partial charge in [-0.2, -0.15) is 4.98 Å². The minimum absolute atomic E-state index is 0.00529. The Labute approximate surface area is 113 Å². The lowest BCUT2D eigenvalue weighted by Crippen LogP contribution is -2.35. The van der Waals surface area contributed by atoms with E-state index < -0.39 is 11.6 Å². The molecule has 0 spiro atoms. The average Bonchev–Trinajstić information content (AvgIpc) is 2.89. The second-order valence-electron chi connectivity index (χ2n) is 5.47. The number of nitrogens with zero attached hydrogens (tertiary/aromatic N) is 2. The molecule has 1 heterocycles. The Kier molecular flexibility index (Phi) is 4.54. The lowest BCUT2D eigenvalue weighted by atomic mass is 9.78. The summed E-state index contributed by atoms with van der Waals surface area (Å²) in [4.78, 5) is 4.39. The smallest absolute Gasteiger partial charge is 0.243 e. The molecule has 0 amide bonds. The van der Waals surface area contributed by atoms with Crippen LogP contribution in [0.2, 0.25) is 0 Å². The Balaban J connectivity index is 2.19. The first kappa shape index (κ1) is 14.4. The van der Waals surface area contributed by atoms with Crippen molar-refractivity contribution in [3.05, 3.63) is 11.7 Å². The Hall–Kier alpha value is -0.980. The van der Waals surface area contributed by atoms with E-state index in [1.165, 1.54) is 6.42 Å². The zero-order chi connectivity index (χ0) is 13.9. The highest BCUT2D eigenvalue weighted by molar-refractivity contribution is 5.05. The summed E-state index contributed by atoms with van der Waals surface area (Å²) >= 11 is 0. The van der Waals surface area contributed by atoms with Crippen molar-refractivity contribution >= 4 is 0 Å². The molecule has 1 fully saturated rings. The molecule has 1 aliphatic carbocycles. The van der Waals surface area contributed by atoms with Crippen molar-refractivity contribution in [1.82, 2.24) is 10.1 Å². The van der Waals surface area contributed by atoms with Crippen LogP contribution in [0.3, 0.4) is 0 Å². The van der Waals surface area contributed by atoms with Gasteiger partial charge in [-0.1, -0.05) is 18.5 Å². The molecule has 2 rings (SSSR count). The summed E-state index contributed by atoms with van der Waals surface area (Å²) in [5, 5.41) is 12.9. The van der Waals surface area contributed by atoms with E-state index >= 15 is 0 Å². The molecule has 0 aliphatic heterocycles. The van der Waals surface area contributed by atoms with Crippen LogP contribution in [0.4, 0.5) is 0 Å². The fourth-order valence-electron chi connectivity index (χ4n) is 2.82. The molecule has 3 N–H and O–H groups in total. The molecule has 1 aromatic heterocycles. The van der Waals surface area contributed by atoms with E-state index in [-0.39, 0.29) is 6.61 Å². The average molecular weight is 269 g/mol. The molecular weight excluding hydrogens is 246 g/mol. The van der Waals surface area contributed by atoms with Gasteiger partial charge in [0, 0.05) is 13.7 Å². The molecule has 6 heteroatoms. The number of aliphatic hydroxyl groups excluding tert-OH is 1. The van der Waals surface area contributed by atoms with Crippen LogP contribution < -0.4 is 5.73 Å². The quantitative estimate of drug-likeness (QED) is 0.841. The van der Waals surface area contributed by atoms with Gasteiger partial charge in [0.15, 0.2) is 0 Å². The third-order valence-corrected chi connectivity index (χ3v) is 3.95. The molecule has 1 aromatic rings. The standard InChI is InChI=1S/C13H23N3O3/c1-9-4-3-6-13(8-9,18-2)12-15-11(19-16-12)10(14)5-7-17/h9-10,17H,3-8,14H2,1-2H3. The molecule has 19 heavy (non-hydrogen) atoms. The highest BCUT2D eigenvalue weighted by atomic mass is 16.5. The Morgan fingerprint density at radius 3 is 3.05 bits per heavy atom. The van der Waals surface area contributed by atoms with Crippen LogP contribution in [0.25, 0.3) is 0 Å². The summed E-state index contributed by atoms with van der Waals surface area (Å²) in [5.41, 5.74) is 5.42. The van der Waals surface area contributed by atoms with Gasteiger partial charge in [-0.15, -0.1) is 0 Å². The van der Waals surface area contributed by atoms with Crippen molar-refractivity contribution in [1.29, 1.82) is 0 Å². The van der Waals surface area contributed by atoms with Crippen molar-refractivity contribution in [3.63, 3.8) is 0 Å². The van der Waals surface area contributed by atoms with Crippen LogP contribution in [0, 0.1) is 5.92 Å². The molecule has 1 aliphatic rings. The number of hydrogen-bond donors (Lipinski definition) is 2. The molecule has 0 bridgehead atoms. The van der Waals surface area contributed by atoms with E-state index in [1.54, 1.807) is 7.11 Å². The Morgan fingerprint density at radius 2 is 2.42 bits per heavy atom. The maximum Gasteiger partial charge on any atom is 0.243 e. The number of methoxy groups -OCH3 is 1. The lowest BCUT2D eigenvalue weighted by molar-refractivity contribution is -0.0658. The number of aliphatic hydroxyl groups is 1. The summed E-state index contributed by atoms with van der Waals surface area (Å²) in [6, 6.07) is -0.416. The van der Waals surface area contributed by atoms with Gasteiger partial charge in [0.2, 0.25) is 11.7 Å². The number of hydrogen-bond acceptors (Lipinski definition) is 6. The van der Waals surface area contributed by atoms with E-state index in [1.807, 2.05) is 0 Å². The van der Waals surface area contributed by atoms with Crippen LogP contribution in [0.5, 0.6) is 0 Å². The van der Waals surface area contributed by atoms with Gasteiger partial charge in [0.05, 0.1) is 6.04 Å². The predicted molar refractivity (Wildman–Crippen MR) is 69.2 cm³/mol. The maximum atomic E-state index is 8.89. The van der Waals surface area contributed by atoms with Crippen LogP contribution in [-0.4, -0.2) is 29.0 Å². The number of aromatic nitrogens is 2. The molecule has 108 valence electrons. The topological polar surface area (TPSA) is 94.4 Å². The summed E-state index contributed by atoms with van der Waals surface area (Å²) in [5.74, 6) is 1.55. The number of ether oxygens (including phenoxy) is 1. The summed E-state index contributed by atoms with van der Waals surface area (Å²) in [7, 11) is 1.70. The molecule has 3 atom stereocenters. The van der Waals surface area contributed by atoms with Crippen LogP contribution in [0.15, 0.2) is 4.52 Å². The summed E-state index contributed by atoms with van der Waals surface area (Å²) in [6.07, 6.45) is 4.53. The van der Waals surface area contributed by atoms with Crippen molar-refractivity contribution in [2.45, 2.75) is 50.7 Å². The first-order chi connectivity index (χ1) is 9.11. The van der Waals surface area contributed by atoms with Crippen molar-refractivity contribution in [2.24, 2.45) is 11.7 Å². The minimum Gasteiger partial charge on any atom is -0.396 e.